The van der Waals surface area contributed by atoms with Crippen molar-refractivity contribution in [2.75, 3.05) is 22.9 Å². The summed E-state index contributed by atoms with van der Waals surface area (Å²) in [5.74, 6) is 0. The van der Waals surface area contributed by atoms with Crippen LogP contribution in [0.1, 0.15) is 27.7 Å². The molecule has 3 heteroatoms. The zero-order valence-electron chi connectivity index (χ0n) is 17.1. The first-order chi connectivity index (χ1) is 12.9. The summed E-state index contributed by atoms with van der Waals surface area (Å²) in [6.45, 7) is 18.1. The van der Waals surface area contributed by atoms with Crippen molar-refractivity contribution in [3.63, 3.8) is 0 Å². The molecule has 3 nitrogen and oxygen atoms in total. The Morgan fingerprint density at radius 2 is 1.07 bits per heavy atom. The lowest BCUT2D eigenvalue weighted by Crippen LogP contribution is -2.57. The highest BCUT2D eigenvalue weighted by Crippen LogP contribution is 2.34. The summed E-state index contributed by atoms with van der Waals surface area (Å²) in [5.41, 5.74) is 0.774. The van der Waals surface area contributed by atoms with Gasteiger partial charge in [0.15, 0.2) is 11.4 Å². The van der Waals surface area contributed by atoms with E-state index in [0.717, 1.165) is 24.5 Å². The van der Waals surface area contributed by atoms with Crippen molar-refractivity contribution in [3.8, 4) is 0 Å². The first-order valence-electron chi connectivity index (χ1n) is 9.56. The predicted octanol–water partition coefficient (Wildman–Crippen LogP) is 5.86. The van der Waals surface area contributed by atoms with Gasteiger partial charge in [-0.25, -0.2) is 0 Å². The minimum Gasteiger partial charge on any atom is -0.341 e. The fourth-order valence-electron chi connectivity index (χ4n) is 3.55. The van der Waals surface area contributed by atoms with Crippen LogP contribution in [0.2, 0.25) is 0 Å². The minimum atomic E-state index is -0.707. The quantitative estimate of drug-likeness (QED) is 0.388. The highest BCUT2D eigenvalue weighted by Gasteiger charge is 2.39. The van der Waals surface area contributed by atoms with Gasteiger partial charge in [-0.1, -0.05) is 49.6 Å². The zero-order chi connectivity index (χ0) is 19.9. The van der Waals surface area contributed by atoms with E-state index >= 15 is 0 Å². The molecular weight excluding hydrogens is 332 g/mol. The van der Waals surface area contributed by atoms with Crippen LogP contribution >= 0.6 is 0 Å². The lowest BCUT2D eigenvalue weighted by Gasteiger charge is -2.49. The van der Waals surface area contributed by atoms with E-state index in [-0.39, 0.29) is 0 Å². The SMILES string of the molecule is C=CC(C)(OC(C)(C=C)N(CC)c1ccccc1)N(CC)c1ccccc1. The van der Waals surface area contributed by atoms with Gasteiger partial charge in [0.05, 0.1) is 0 Å². The molecule has 2 atom stereocenters. The number of likely N-dealkylation sites (N-methyl/N-ethyl adjacent to an activating group) is 2. The number of para-hydroxylation sites is 2. The van der Waals surface area contributed by atoms with Gasteiger partial charge in [0.2, 0.25) is 0 Å². The second-order valence-electron chi connectivity index (χ2n) is 6.78. The van der Waals surface area contributed by atoms with Crippen LogP contribution in [0.25, 0.3) is 0 Å². The van der Waals surface area contributed by atoms with E-state index in [4.69, 9.17) is 4.74 Å². The highest BCUT2D eigenvalue weighted by molar-refractivity contribution is 5.51. The van der Waals surface area contributed by atoms with E-state index in [1.165, 1.54) is 0 Å². The Morgan fingerprint density at radius 3 is 1.33 bits per heavy atom. The molecule has 0 aromatic heterocycles. The van der Waals surface area contributed by atoms with Crippen molar-refractivity contribution in [3.05, 3.63) is 86.0 Å². The number of anilines is 2. The molecule has 0 bridgehead atoms. The summed E-state index contributed by atoms with van der Waals surface area (Å²) >= 11 is 0. The summed E-state index contributed by atoms with van der Waals surface area (Å²) in [4.78, 5) is 4.42. The van der Waals surface area contributed by atoms with Crippen LogP contribution in [0, 0.1) is 0 Å². The minimum absolute atomic E-state index is 0.707. The molecule has 2 unspecified atom stereocenters. The maximum atomic E-state index is 6.75. The Bertz CT molecular complexity index is 667. The lowest BCUT2D eigenvalue weighted by atomic mass is 10.1. The highest BCUT2D eigenvalue weighted by atomic mass is 16.6. The Balaban J connectivity index is 2.43. The van der Waals surface area contributed by atoms with Gasteiger partial charge in [0.1, 0.15) is 0 Å². The van der Waals surface area contributed by atoms with Gasteiger partial charge in [-0.2, -0.15) is 0 Å². The van der Waals surface area contributed by atoms with Crippen LogP contribution in [0.4, 0.5) is 11.4 Å². The van der Waals surface area contributed by atoms with Gasteiger partial charge in [0, 0.05) is 24.5 Å². The second-order valence-corrected chi connectivity index (χ2v) is 6.78. The molecule has 27 heavy (non-hydrogen) atoms. The Labute approximate surface area is 164 Å². The van der Waals surface area contributed by atoms with E-state index in [1.54, 1.807) is 0 Å². The standard InChI is InChI=1S/C24H32N2O/c1-7-23(5,25(9-3)21-17-13-11-14-18-21)27-24(6,8-2)26(10-4)22-19-15-12-16-20-22/h7-8,11-20H,1-2,9-10H2,3-6H3. The van der Waals surface area contributed by atoms with E-state index in [1.807, 2.05) is 48.6 Å². The molecule has 0 amide bonds. The number of rotatable bonds is 10. The van der Waals surface area contributed by atoms with Crippen molar-refractivity contribution in [2.45, 2.75) is 39.1 Å². The average Bonchev–Trinajstić information content (AvgIpc) is 2.70. The van der Waals surface area contributed by atoms with Gasteiger partial charge in [-0.05, 0) is 64.1 Å². The number of hydrogen-bond donors (Lipinski definition) is 0. The van der Waals surface area contributed by atoms with Gasteiger partial charge < -0.3 is 14.5 Å². The number of nitrogens with zero attached hydrogens (tertiary/aromatic N) is 2. The lowest BCUT2D eigenvalue weighted by molar-refractivity contribution is -0.0896. The Morgan fingerprint density at radius 1 is 0.741 bits per heavy atom. The Kier molecular flexibility index (Phi) is 6.86. The summed E-state index contributed by atoms with van der Waals surface area (Å²) in [6, 6.07) is 20.6. The molecular formula is C24H32N2O. The second kappa shape index (κ2) is 8.92. The molecule has 0 saturated carbocycles. The summed E-state index contributed by atoms with van der Waals surface area (Å²) in [7, 11) is 0. The monoisotopic (exact) mass is 364 g/mol. The van der Waals surface area contributed by atoms with Gasteiger partial charge in [-0.15, -0.1) is 0 Å². The summed E-state index contributed by atoms with van der Waals surface area (Å²) in [6.07, 6.45) is 3.73. The molecule has 0 aliphatic carbocycles. The molecule has 2 aromatic rings. The predicted molar refractivity (Wildman–Crippen MR) is 117 cm³/mol. The molecule has 0 spiro atoms. The molecule has 0 N–H and O–H groups in total. The molecule has 0 fully saturated rings. The topological polar surface area (TPSA) is 15.7 Å². The number of ether oxygens (including phenoxy) is 1. The van der Waals surface area contributed by atoms with Crippen molar-refractivity contribution < 1.29 is 4.74 Å². The fraction of sp³-hybridized carbons (Fsp3) is 0.333. The van der Waals surface area contributed by atoms with Crippen molar-refractivity contribution in [2.24, 2.45) is 0 Å². The molecule has 0 saturated heterocycles. The largest absolute Gasteiger partial charge is 0.341 e. The molecule has 144 valence electrons. The fourth-order valence-corrected chi connectivity index (χ4v) is 3.55. The molecule has 2 rings (SSSR count). The van der Waals surface area contributed by atoms with Crippen LogP contribution in [-0.4, -0.2) is 24.5 Å². The average molecular weight is 365 g/mol. The van der Waals surface area contributed by atoms with Crippen molar-refractivity contribution in [1.29, 1.82) is 0 Å². The maximum absolute atomic E-state index is 6.75. The maximum Gasteiger partial charge on any atom is 0.160 e. The zero-order valence-corrected chi connectivity index (χ0v) is 17.1. The van der Waals surface area contributed by atoms with Crippen LogP contribution in [0.5, 0.6) is 0 Å². The van der Waals surface area contributed by atoms with Crippen LogP contribution in [-0.2, 0) is 4.74 Å². The first-order valence-corrected chi connectivity index (χ1v) is 9.56. The third kappa shape index (κ3) is 4.42. The smallest absolute Gasteiger partial charge is 0.160 e. The molecule has 0 radical (unpaired) electrons. The Hall–Kier alpha value is -2.52. The third-order valence-corrected chi connectivity index (χ3v) is 5.01. The van der Waals surface area contributed by atoms with Gasteiger partial charge in [0.25, 0.3) is 0 Å². The molecule has 2 aromatic carbocycles. The molecule has 0 aliphatic heterocycles. The molecule has 0 heterocycles. The van der Waals surface area contributed by atoms with E-state index in [2.05, 4.69) is 74.9 Å². The van der Waals surface area contributed by atoms with Crippen molar-refractivity contribution >= 4 is 11.4 Å². The number of hydrogen-bond acceptors (Lipinski definition) is 3. The third-order valence-electron chi connectivity index (χ3n) is 5.01. The van der Waals surface area contributed by atoms with E-state index in [9.17, 15) is 0 Å². The van der Waals surface area contributed by atoms with Gasteiger partial charge in [-0.3, -0.25) is 0 Å². The molecule has 0 aliphatic rings. The first kappa shape index (κ1) is 20.8. The van der Waals surface area contributed by atoms with Crippen LogP contribution < -0.4 is 9.80 Å². The summed E-state index contributed by atoms with van der Waals surface area (Å²) in [5, 5.41) is 0. The van der Waals surface area contributed by atoms with Gasteiger partial charge >= 0.3 is 0 Å². The number of benzene rings is 2. The van der Waals surface area contributed by atoms with Crippen LogP contribution in [0.3, 0.4) is 0 Å². The summed E-state index contributed by atoms with van der Waals surface area (Å²) < 4.78 is 6.75. The van der Waals surface area contributed by atoms with Crippen LogP contribution in [0.15, 0.2) is 86.0 Å². The van der Waals surface area contributed by atoms with Crippen molar-refractivity contribution in [1.82, 2.24) is 0 Å². The van der Waals surface area contributed by atoms with E-state index < -0.39 is 11.4 Å². The van der Waals surface area contributed by atoms with E-state index in [0.29, 0.717) is 0 Å². The normalized spacial score (nSPS) is 15.3.